The van der Waals surface area contributed by atoms with Gasteiger partial charge in [0.25, 0.3) is 0 Å². The topological polar surface area (TPSA) is 66.5 Å². The van der Waals surface area contributed by atoms with Crippen molar-refractivity contribution in [3.63, 3.8) is 0 Å². The van der Waals surface area contributed by atoms with Crippen molar-refractivity contribution in [1.82, 2.24) is 0 Å². The number of aryl methyl sites for hydroxylation is 1. The highest BCUT2D eigenvalue weighted by molar-refractivity contribution is 7.98. The van der Waals surface area contributed by atoms with Gasteiger partial charge >= 0.3 is 0 Å². The van der Waals surface area contributed by atoms with Gasteiger partial charge in [0.15, 0.2) is 0 Å². The summed E-state index contributed by atoms with van der Waals surface area (Å²) in [7, 11) is -3.50. The maximum Gasteiger partial charge on any atom is 0.232 e. The molecular formula is C25H27ClN2O3S2. The highest BCUT2D eigenvalue weighted by Crippen LogP contribution is 2.27. The highest BCUT2D eigenvalue weighted by atomic mass is 35.5. The molecule has 0 aliphatic heterocycles. The molecule has 0 saturated heterocycles. The number of nitrogens with one attached hydrogen (secondary N) is 1. The molecule has 174 valence electrons. The Balaban J connectivity index is 1.51. The zero-order chi connectivity index (χ0) is 23.8. The van der Waals surface area contributed by atoms with E-state index < -0.39 is 10.0 Å². The molecule has 0 fully saturated rings. The lowest BCUT2D eigenvalue weighted by atomic mass is 10.2. The third-order valence-corrected chi connectivity index (χ3v) is 7.49. The molecule has 0 aliphatic carbocycles. The van der Waals surface area contributed by atoms with E-state index in [4.69, 9.17) is 11.6 Å². The maximum absolute atomic E-state index is 12.4. The summed E-state index contributed by atoms with van der Waals surface area (Å²) in [4.78, 5) is 13.6. The smallest absolute Gasteiger partial charge is 0.232 e. The molecule has 0 radical (unpaired) electrons. The molecule has 0 bridgehead atoms. The minimum absolute atomic E-state index is 0.155. The largest absolute Gasteiger partial charge is 0.326 e. The molecule has 33 heavy (non-hydrogen) atoms. The van der Waals surface area contributed by atoms with Crippen LogP contribution in [0.2, 0.25) is 5.02 Å². The second kappa shape index (κ2) is 11.6. The number of carbonyl (C=O) groups is 1. The van der Waals surface area contributed by atoms with Crippen LogP contribution in [-0.4, -0.2) is 27.1 Å². The van der Waals surface area contributed by atoms with E-state index in [1.54, 1.807) is 30.0 Å². The molecule has 5 nitrogen and oxygen atoms in total. The second-order valence-electron chi connectivity index (χ2n) is 7.72. The molecular weight excluding hydrogens is 476 g/mol. The van der Waals surface area contributed by atoms with E-state index in [1.807, 2.05) is 49.4 Å². The Hall–Kier alpha value is -2.48. The third kappa shape index (κ3) is 7.81. The first-order valence-corrected chi connectivity index (χ1v) is 13.7. The molecule has 0 aliphatic rings. The summed E-state index contributed by atoms with van der Waals surface area (Å²) >= 11 is 7.82. The number of nitrogens with zero attached hydrogens (tertiary/aromatic N) is 1. The van der Waals surface area contributed by atoms with Gasteiger partial charge < -0.3 is 5.32 Å². The first-order valence-electron chi connectivity index (χ1n) is 10.5. The monoisotopic (exact) mass is 502 g/mol. The van der Waals surface area contributed by atoms with Crippen molar-refractivity contribution in [2.75, 3.05) is 22.4 Å². The van der Waals surface area contributed by atoms with Gasteiger partial charge in [-0.1, -0.05) is 48.0 Å². The number of hydrogen-bond donors (Lipinski definition) is 1. The molecule has 0 heterocycles. The predicted octanol–water partition coefficient (Wildman–Crippen LogP) is 6.13. The third-order valence-electron chi connectivity index (χ3n) is 4.99. The fraction of sp³-hybridized carbons (Fsp3) is 0.240. The SMILES string of the molecule is Cc1ccc(Cl)cc1N(CCCC(=O)Nc1ccc(CSc2ccccc2)cc1)S(C)(=O)=O. The Morgan fingerprint density at radius 2 is 1.73 bits per heavy atom. The number of halogens is 1. The number of benzene rings is 3. The molecule has 0 unspecified atom stereocenters. The molecule has 0 atom stereocenters. The quantitative estimate of drug-likeness (QED) is 0.339. The number of carbonyl (C=O) groups excluding carboxylic acids is 1. The Bertz CT molecular complexity index is 1180. The van der Waals surface area contributed by atoms with Crippen molar-refractivity contribution in [2.45, 2.75) is 30.4 Å². The molecule has 0 saturated carbocycles. The molecule has 1 amide bonds. The van der Waals surface area contributed by atoms with Gasteiger partial charge in [0.1, 0.15) is 0 Å². The number of anilines is 2. The highest BCUT2D eigenvalue weighted by Gasteiger charge is 2.19. The van der Waals surface area contributed by atoms with Crippen LogP contribution in [-0.2, 0) is 20.6 Å². The van der Waals surface area contributed by atoms with Crippen molar-refractivity contribution in [1.29, 1.82) is 0 Å². The lowest BCUT2D eigenvalue weighted by Crippen LogP contribution is -2.32. The normalized spacial score (nSPS) is 11.2. The van der Waals surface area contributed by atoms with Gasteiger partial charge in [0.05, 0.1) is 11.9 Å². The number of amides is 1. The van der Waals surface area contributed by atoms with E-state index >= 15 is 0 Å². The minimum atomic E-state index is -3.50. The molecule has 0 spiro atoms. The van der Waals surface area contributed by atoms with E-state index in [0.717, 1.165) is 23.3 Å². The van der Waals surface area contributed by atoms with Crippen LogP contribution >= 0.6 is 23.4 Å². The Morgan fingerprint density at radius 1 is 1.03 bits per heavy atom. The number of sulfonamides is 1. The van der Waals surface area contributed by atoms with Crippen LogP contribution in [0.5, 0.6) is 0 Å². The lowest BCUT2D eigenvalue weighted by molar-refractivity contribution is -0.116. The zero-order valence-corrected chi connectivity index (χ0v) is 21.0. The van der Waals surface area contributed by atoms with E-state index in [2.05, 4.69) is 17.4 Å². The Labute approximate surface area is 205 Å². The molecule has 3 rings (SSSR count). The first kappa shape index (κ1) is 25.1. The summed E-state index contributed by atoms with van der Waals surface area (Å²) in [5.41, 5.74) is 3.23. The van der Waals surface area contributed by atoms with E-state index in [-0.39, 0.29) is 18.9 Å². The van der Waals surface area contributed by atoms with Gasteiger partial charge in [-0.05, 0) is 60.9 Å². The van der Waals surface area contributed by atoms with Crippen molar-refractivity contribution in [3.05, 3.63) is 88.9 Å². The molecule has 1 N–H and O–H groups in total. The van der Waals surface area contributed by atoms with E-state index in [9.17, 15) is 13.2 Å². The summed E-state index contributed by atoms with van der Waals surface area (Å²) in [6.45, 7) is 2.03. The van der Waals surface area contributed by atoms with Crippen molar-refractivity contribution < 1.29 is 13.2 Å². The molecule has 8 heteroatoms. The van der Waals surface area contributed by atoms with Crippen LogP contribution in [0.25, 0.3) is 0 Å². The zero-order valence-electron chi connectivity index (χ0n) is 18.6. The van der Waals surface area contributed by atoms with Crippen LogP contribution in [0.1, 0.15) is 24.0 Å². The fourth-order valence-electron chi connectivity index (χ4n) is 3.29. The molecule has 0 aromatic heterocycles. The Kier molecular flexibility index (Phi) is 8.83. The van der Waals surface area contributed by atoms with Gasteiger partial charge in [-0.15, -0.1) is 11.8 Å². The van der Waals surface area contributed by atoms with Crippen molar-refractivity contribution in [3.8, 4) is 0 Å². The average Bonchev–Trinajstić information content (AvgIpc) is 2.78. The van der Waals surface area contributed by atoms with Gasteiger partial charge in [-0.3, -0.25) is 9.10 Å². The maximum atomic E-state index is 12.4. The second-order valence-corrected chi connectivity index (χ2v) is 11.1. The first-order chi connectivity index (χ1) is 15.7. The van der Waals surface area contributed by atoms with Gasteiger partial charge in [-0.2, -0.15) is 0 Å². The van der Waals surface area contributed by atoms with E-state index in [1.165, 1.54) is 14.8 Å². The van der Waals surface area contributed by atoms with Crippen LogP contribution < -0.4 is 9.62 Å². The minimum Gasteiger partial charge on any atom is -0.326 e. The van der Waals surface area contributed by atoms with Crippen LogP contribution in [0.3, 0.4) is 0 Å². The van der Waals surface area contributed by atoms with Crippen LogP contribution in [0.4, 0.5) is 11.4 Å². The van der Waals surface area contributed by atoms with Crippen LogP contribution in [0, 0.1) is 6.92 Å². The van der Waals surface area contributed by atoms with Gasteiger partial charge in [0, 0.05) is 34.3 Å². The van der Waals surface area contributed by atoms with Crippen LogP contribution in [0.15, 0.2) is 77.7 Å². The Morgan fingerprint density at radius 3 is 2.39 bits per heavy atom. The van der Waals surface area contributed by atoms with Gasteiger partial charge in [0.2, 0.25) is 15.9 Å². The summed E-state index contributed by atoms with van der Waals surface area (Å²) in [6.07, 6.45) is 1.75. The lowest BCUT2D eigenvalue weighted by Gasteiger charge is -2.24. The molecule has 3 aromatic carbocycles. The number of thioether (sulfide) groups is 1. The summed E-state index contributed by atoms with van der Waals surface area (Å²) < 4.78 is 25.9. The van der Waals surface area contributed by atoms with Crippen molar-refractivity contribution in [2.24, 2.45) is 0 Å². The molecule has 3 aromatic rings. The van der Waals surface area contributed by atoms with E-state index in [0.29, 0.717) is 17.1 Å². The number of rotatable bonds is 10. The average molecular weight is 503 g/mol. The summed E-state index contributed by atoms with van der Waals surface area (Å²) in [5.74, 6) is 0.695. The summed E-state index contributed by atoms with van der Waals surface area (Å²) in [5, 5.41) is 3.35. The van der Waals surface area contributed by atoms with Crippen molar-refractivity contribution >= 4 is 50.7 Å². The number of hydrogen-bond acceptors (Lipinski definition) is 4. The predicted molar refractivity (Wildman–Crippen MR) is 139 cm³/mol. The summed E-state index contributed by atoms with van der Waals surface area (Å²) in [6, 6.07) is 23.1. The fourth-order valence-corrected chi connectivity index (χ4v) is 5.35. The standard InChI is InChI=1S/C25H27ClN2O3S2/c1-19-10-13-21(26)17-24(19)28(33(2,30)31)16-6-9-25(29)27-22-14-11-20(12-15-22)18-32-23-7-4-3-5-8-23/h3-5,7-8,10-15,17H,6,9,16,18H2,1-2H3,(H,27,29). The van der Waals surface area contributed by atoms with Gasteiger partial charge in [-0.25, -0.2) is 8.42 Å².